The van der Waals surface area contributed by atoms with Crippen molar-refractivity contribution in [1.82, 2.24) is 15.3 Å². The van der Waals surface area contributed by atoms with E-state index in [1.54, 1.807) is 24.3 Å². The molecule has 0 radical (unpaired) electrons. The number of amides is 1. The molecule has 3 aromatic rings. The van der Waals surface area contributed by atoms with Crippen LogP contribution in [0.2, 0.25) is 0 Å². The van der Waals surface area contributed by atoms with Gasteiger partial charge in [-0.05, 0) is 66.8 Å². The molecule has 2 atom stereocenters. The lowest BCUT2D eigenvalue weighted by atomic mass is 10.0. The lowest BCUT2D eigenvalue weighted by Crippen LogP contribution is -2.41. The van der Waals surface area contributed by atoms with Crippen LogP contribution in [-0.4, -0.2) is 55.7 Å². The zero-order valence-electron chi connectivity index (χ0n) is 20.3. The molecule has 11 nitrogen and oxygen atoms in total. The first-order chi connectivity index (χ1) is 18.2. The van der Waals surface area contributed by atoms with Crippen LogP contribution in [0.4, 0.5) is 5.69 Å². The van der Waals surface area contributed by atoms with E-state index in [-0.39, 0.29) is 49.0 Å². The van der Waals surface area contributed by atoms with E-state index in [4.69, 9.17) is 11.5 Å². The molecule has 2 aromatic carbocycles. The number of aryl methyl sites for hydroxylation is 1. The lowest BCUT2D eigenvalue weighted by Gasteiger charge is -2.30. The molecule has 11 heteroatoms. The van der Waals surface area contributed by atoms with Crippen LogP contribution in [-0.2, 0) is 22.6 Å². The molecule has 38 heavy (non-hydrogen) atoms. The molecular formula is C27H26N4O7. The molecule has 0 saturated heterocycles. The lowest BCUT2D eigenvalue weighted by molar-refractivity contribution is -0.140. The van der Waals surface area contributed by atoms with Crippen LogP contribution in [0.5, 0.6) is 0 Å². The molecule has 1 unspecified atom stereocenters. The molecule has 5 N–H and O–H groups in total. The summed E-state index contributed by atoms with van der Waals surface area (Å²) in [6.45, 7) is -0.101. The highest BCUT2D eigenvalue weighted by atomic mass is 16.4. The fourth-order valence-corrected chi connectivity index (χ4v) is 4.72. The number of hydrogen-bond donors (Lipinski definition) is 5. The molecular weight excluding hydrogens is 492 g/mol. The molecule has 0 fully saturated rings. The van der Waals surface area contributed by atoms with Gasteiger partial charge in [0.1, 0.15) is 18.5 Å². The number of carbonyl (C=O) groups is 3. The normalized spacial score (nSPS) is 14.9. The Morgan fingerprint density at radius 2 is 1.95 bits per heavy atom. The fourth-order valence-electron chi connectivity index (χ4n) is 4.72. The van der Waals surface area contributed by atoms with Gasteiger partial charge in [0, 0.05) is 17.7 Å². The maximum Gasteiger partial charge on any atom is 0.326 e. The number of aliphatic carboxylic acids is 2. The number of aliphatic hydroxyl groups is 1. The summed E-state index contributed by atoms with van der Waals surface area (Å²) in [6, 6.07) is 8.73. The summed E-state index contributed by atoms with van der Waals surface area (Å²) >= 11 is 0. The standard InChI is InChI=1S/C27H26N4O7/c1-2-11-31(17-6-3-15(4-7-17)25(35)29-20(27(37)38)8-10-24(33)34)22-9-5-16-12-21-19(13-18(16)22)26(36)30-23(14-32)28-21/h1,3-4,6-7,12-13,20,22,32H,5,8-11,14H2,(H,29,35)(H,33,34)(H,37,38)(H,28,30,36)/t20-,22?/m0/s1. The van der Waals surface area contributed by atoms with E-state index >= 15 is 0 Å². The maximum absolute atomic E-state index is 12.6. The summed E-state index contributed by atoms with van der Waals surface area (Å²) < 4.78 is 0. The van der Waals surface area contributed by atoms with Crippen LogP contribution in [0.25, 0.3) is 10.9 Å². The van der Waals surface area contributed by atoms with E-state index in [1.807, 2.05) is 17.0 Å². The number of aromatic amines is 1. The van der Waals surface area contributed by atoms with E-state index in [1.165, 1.54) is 0 Å². The average molecular weight is 519 g/mol. The molecule has 196 valence electrons. The number of carboxylic acids is 2. The highest BCUT2D eigenvalue weighted by Gasteiger charge is 2.29. The largest absolute Gasteiger partial charge is 0.481 e. The minimum atomic E-state index is -1.33. The maximum atomic E-state index is 12.6. The second-order valence-electron chi connectivity index (χ2n) is 8.97. The van der Waals surface area contributed by atoms with Crippen molar-refractivity contribution in [1.29, 1.82) is 0 Å². The first-order valence-electron chi connectivity index (χ1n) is 11.9. The highest BCUT2D eigenvalue weighted by molar-refractivity contribution is 5.97. The number of anilines is 1. The summed E-state index contributed by atoms with van der Waals surface area (Å²) in [5, 5.41) is 30.2. The number of terminal acetylenes is 1. The van der Waals surface area contributed by atoms with Gasteiger partial charge in [-0.15, -0.1) is 6.42 Å². The van der Waals surface area contributed by atoms with Gasteiger partial charge in [0.25, 0.3) is 11.5 Å². The molecule has 0 aliphatic heterocycles. The molecule has 4 rings (SSSR count). The number of carbonyl (C=O) groups excluding carboxylic acids is 1. The Bertz CT molecular complexity index is 1490. The first-order valence-corrected chi connectivity index (χ1v) is 11.9. The number of aliphatic hydroxyl groups excluding tert-OH is 1. The summed E-state index contributed by atoms with van der Waals surface area (Å²) in [5.41, 5.74) is 3.10. The van der Waals surface area contributed by atoms with Crippen LogP contribution in [0.15, 0.2) is 41.2 Å². The zero-order chi connectivity index (χ0) is 27.4. The Morgan fingerprint density at radius 3 is 2.58 bits per heavy atom. The smallest absolute Gasteiger partial charge is 0.326 e. The van der Waals surface area contributed by atoms with Gasteiger partial charge >= 0.3 is 11.9 Å². The minimum absolute atomic E-state index is 0.130. The van der Waals surface area contributed by atoms with Gasteiger partial charge in [0.15, 0.2) is 0 Å². The van der Waals surface area contributed by atoms with Crippen LogP contribution in [0.3, 0.4) is 0 Å². The van der Waals surface area contributed by atoms with Gasteiger partial charge in [-0.3, -0.25) is 14.4 Å². The first kappa shape index (κ1) is 26.4. The Kier molecular flexibility index (Phi) is 7.74. The molecule has 0 bridgehead atoms. The van der Waals surface area contributed by atoms with Gasteiger partial charge in [0.2, 0.25) is 0 Å². The third-order valence-electron chi connectivity index (χ3n) is 6.56. The quantitative estimate of drug-likeness (QED) is 0.250. The van der Waals surface area contributed by atoms with Crippen molar-refractivity contribution in [2.24, 2.45) is 0 Å². The van der Waals surface area contributed by atoms with Gasteiger partial charge in [0.05, 0.1) is 23.5 Å². The number of benzene rings is 2. The second kappa shape index (κ2) is 11.1. The van der Waals surface area contributed by atoms with Crippen molar-refractivity contribution in [3.63, 3.8) is 0 Å². The summed E-state index contributed by atoms with van der Waals surface area (Å²) in [4.78, 5) is 56.3. The van der Waals surface area contributed by atoms with Crippen LogP contribution in [0.1, 0.15) is 52.6 Å². The molecule has 1 amide bonds. The van der Waals surface area contributed by atoms with E-state index < -0.39 is 23.9 Å². The van der Waals surface area contributed by atoms with E-state index in [9.17, 15) is 29.4 Å². The van der Waals surface area contributed by atoms with E-state index in [0.717, 1.165) is 29.7 Å². The molecule has 0 saturated carbocycles. The third-order valence-corrected chi connectivity index (χ3v) is 6.56. The van der Waals surface area contributed by atoms with Crippen molar-refractivity contribution in [2.45, 2.75) is 44.4 Å². The molecule has 0 spiro atoms. The van der Waals surface area contributed by atoms with Crippen molar-refractivity contribution in [3.05, 3.63) is 69.3 Å². The fraction of sp³-hybridized carbons (Fsp3) is 0.296. The molecule has 1 aromatic heterocycles. The number of H-pyrrole nitrogens is 1. The Labute approximate surface area is 217 Å². The highest BCUT2D eigenvalue weighted by Crippen LogP contribution is 2.39. The molecule has 1 heterocycles. The number of aromatic nitrogens is 2. The average Bonchev–Trinajstić information content (AvgIpc) is 3.30. The van der Waals surface area contributed by atoms with Crippen LogP contribution in [0, 0.1) is 12.3 Å². The SMILES string of the molecule is C#CCN(c1ccc(C(=O)N[C@@H](CCC(=O)O)C(=O)O)cc1)C1CCc2cc3nc(CO)[nH]c(=O)c3cc21. The van der Waals surface area contributed by atoms with Gasteiger partial charge < -0.3 is 30.5 Å². The number of hydrogen-bond acceptors (Lipinski definition) is 7. The monoisotopic (exact) mass is 518 g/mol. The van der Waals surface area contributed by atoms with Crippen LogP contribution < -0.4 is 15.8 Å². The number of rotatable bonds is 10. The predicted molar refractivity (Wildman–Crippen MR) is 138 cm³/mol. The van der Waals surface area contributed by atoms with Gasteiger partial charge in [-0.25, -0.2) is 9.78 Å². The summed E-state index contributed by atoms with van der Waals surface area (Å²) in [6.07, 6.45) is 6.53. The molecule has 1 aliphatic carbocycles. The van der Waals surface area contributed by atoms with E-state index in [0.29, 0.717) is 10.9 Å². The van der Waals surface area contributed by atoms with Crippen molar-refractivity contribution < 1.29 is 29.7 Å². The number of nitrogens with one attached hydrogen (secondary N) is 2. The van der Waals surface area contributed by atoms with Crippen LogP contribution >= 0.6 is 0 Å². The third kappa shape index (κ3) is 5.50. The second-order valence-corrected chi connectivity index (χ2v) is 8.97. The zero-order valence-corrected chi connectivity index (χ0v) is 20.3. The topological polar surface area (TPSA) is 173 Å². The van der Waals surface area contributed by atoms with Crippen molar-refractivity contribution >= 4 is 34.4 Å². The van der Waals surface area contributed by atoms with E-state index in [2.05, 4.69) is 21.2 Å². The van der Waals surface area contributed by atoms with Crippen molar-refractivity contribution in [3.8, 4) is 12.3 Å². The van der Waals surface area contributed by atoms with Crippen molar-refractivity contribution in [2.75, 3.05) is 11.4 Å². The van der Waals surface area contributed by atoms with Gasteiger partial charge in [-0.2, -0.15) is 0 Å². The Balaban J connectivity index is 1.58. The Hall–Kier alpha value is -4.69. The molecule has 1 aliphatic rings. The summed E-state index contributed by atoms with van der Waals surface area (Å²) in [7, 11) is 0. The summed E-state index contributed by atoms with van der Waals surface area (Å²) in [5.74, 6) is -0.239. The number of fused-ring (bicyclic) bond motifs is 2. The predicted octanol–water partition coefficient (Wildman–Crippen LogP) is 1.59. The number of carboxylic acid groups (broad SMARTS) is 2. The number of nitrogens with zero attached hydrogens (tertiary/aromatic N) is 2. The van der Waals surface area contributed by atoms with Gasteiger partial charge in [-0.1, -0.05) is 5.92 Å². The Morgan fingerprint density at radius 1 is 1.21 bits per heavy atom. The minimum Gasteiger partial charge on any atom is -0.481 e.